The standard InChI is InChI=1S/C15H14ClF3N6/c1-8-9(2)24-25-13(11(8)6-20)21-3-4-22-14-12(16)5-10(7-23-14)15(17,18)19/h5,7H,3-4H2,1-2H3,(H,21,25)(H,22,23). The zero-order chi connectivity index (χ0) is 18.6. The minimum absolute atomic E-state index is 0.126. The number of halogens is 4. The summed E-state index contributed by atoms with van der Waals surface area (Å²) in [5, 5.41) is 22.7. The van der Waals surface area contributed by atoms with Crippen LogP contribution in [0.5, 0.6) is 0 Å². The summed E-state index contributed by atoms with van der Waals surface area (Å²) in [5.41, 5.74) is 0.893. The molecule has 0 atom stereocenters. The highest BCUT2D eigenvalue weighted by molar-refractivity contribution is 6.32. The van der Waals surface area contributed by atoms with Crippen molar-refractivity contribution in [2.45, 2.75) is 20.0 Å². The van der Waals surface area contributed by atoms with Gasteiger partial charge in [-0.2, -0.15) is 23.5 Å². The van der Waals surface area contributed by atoms with E-state index in [9.17, 15) is 18.4 Å². The van der Waals surface area contributed by atoms with Gasteiger partial charge in [-0.05, 0) is 25.5 Å². The SMILES string of the molecule is Cc1nnc(NCCNc2ncc(C(F)(F)F)cc2Cl)c(C#N)c1C. The number of nitriles is 1. The number of rotatable bonds is 5. The van der Waals surface area contributed by atoms with Crippen LogP contribution in [0.4, 0.5) is 24.8 Å². The molecule has 2 rings (SSSR count). The van der Waals surface area contributed by atoms with Gasteiger partial charge in [0.2, 0.25) is 0 Å². The molecular formula is C15H14ClF3N6. The molecule has 0 saturated carbocycles. The topological polar surface area (TPSA) is 86.5 Å². The van der Waals surface area contributed by atoms with Gasteiger partial charge in [0.25, 0.3) is 0 Å². The average Bonchev–Trinajstić information content (AvgIpc) is 2.55. The highest BCUT2D eigenvalue weighted by Crippen LogP contribution is 2.32. The molecule has 10 heteroatoms. The van der Waals surface area contributed by atoms with E-state index in [-0.39, 0.29) is 10.8 Å². The minimum atomic E-state index is -4.49. The summed E-state index contributed by atoms with van der Waals surface area (Å²) >= 11 is 5.81. The molecule has 0 radical (unpaired) electrons. The van der Waals surface area contributed by atoms with Crippen molar-refractivity contribution in [1.29, 1.82) is 5.26 Å². The summed E-state index contributed by atoms with van der Waals surface area (Å²) < 4.78 is 37.7. The van der Waals surface area contributed by atoms with Crippen molar-refractivity contribution in [1.82, 2.24) is 15.2 Å². The van der Waals surface area contributed by atoms with Crippen LogP contribution in [0, 0.1) is 25.2 Å². The molecule has 2 aromatic heterocycles. The second kappa shape index (κ2) is 7.53. The van der Waals surface area contributed by atoms with E-state index in [1.165, 1.54) is 0 Å². The number of nitrogens with one attached hydrogen (secondary N) is 2. The lowest BCUT2D eigenvalue weighted by molar-refractivity contribution is -0.137. The average molecular weight is 371 g/mol. The zero-order valence-electron chi connectivity index (χ0n) is 13.4. The van der Waals surface area contributed by atoms with Gasteiger partial charge in [0.15, 0.2) is 5.82 Å². The van der Waals surface area contributed by atoms with Gasteiger partial charge in [0.1, 0.15) is 17.5 Å². The molecule has 2 heterocycles. The number of aromatic nitrogens is 3. The van der Waals surface area contributed by atoms with E-state index < -0.39 is 11.7 Å². The molecule has 0 aliphatic rings. The predicted octanol–water partition coefficient (Wildman–Crippen LogP) is 3.56. The van der Waals surface area contributed by atoms with E-state index in [4.69, 9.17) is 11.6 Å². The number of hydrogen-bond donors (Lipinski definition) is 2. The van der Waals surface area contributed by atoms with Crippen LogP contribution >= 0.6 is 11.6 Å². The third-order valence-electron chi connectivity index (χ3n) is 3.44. The molecule has 0 aromatic carbocycles. The van der Waals surface area contributed by atoms with Crippen molar-refractivity contribution in [2.75, 3.05) is 23.7 Å². The first-order chi connectivity index (χ1) is 11.7. The van der Waals surface area contributed by atoms with Crippen LogP contribution in [0.2, 0.25) is 5.02 Å². The van der Waals surface area contributed by atoms with Gasteiger partial charge in [-0.25, -0.2) is 4.98 Å². The smallest absolute Gasteiger partial charge is 0.367 e. The van der Waals surface area contributed by atoms with Gasteiger partial charge in [0.05, 0.1) is 16.3 Å². The van der Waals surface area contributed by atoms with Crippen LogP contribution in [0.25, 0.3) is 0 Å². The van der Waals surface area contributed by atoms with Crippen LogP contribution < -0.4 is 10.6 Å². The molecule has 2 N–H and O–H groups in total. The van der Waals surface area contributed by atoms with Crippen LogP contribution in [0.15, 0.2) is 12.3 Å². The number of alkyl halides is 3. The third-order valence-corrected chi connectivity index (χ3v) is 3.73. The molecule has 0 spiro atoms. The van der Waals surface area contributed by atoms with E-state index in [0.717, 1.165) is 11.6 Å². The first kappa shape index (κ1) is 18.7. The Labute approximate surface area is 147 Å². The summed E-state index contributed by atoms with van der Waals surface area (Å²) in [4.78, 5) is 3.68. The molecule has 25 heavy (non-hydrogen) atoms. The van der Waals surface area contributed by atoms with E-state index in [2.05, 4.69) is 31.9 Å². The summed E-state index contributed by atoms with van der Waals surface area (Å²) in [5.74, 6) is 0.488. The van der Waals surface area contributed by atoms with Crippen molar-refractivity contribution in [3.05, 3.63) is 39.7 Å². The highest BCUT2D eigenvalue weighted by atomic mass is 35.5. The number of anilines is 2. The normalized spacial score (nSPS) is 11.1. The van der Waals surface area contributed by atoms with Gasteiger partial charge < -0.3 is 10.6 Å². The summed E-state index contributed by atoms with van der Waals surface area (Å²) in [6.07, 6.45) is -3.78. The fourth-order valence-corrected chi connectivity index (χ4v) is 2.19. The van der Waals surface area contributed by atoms with Gasteiger partial charge in [-0.3, -0.25) is 0 Å². The quantitative estimate of drug-likeness (QED) is 0.783. The molecule has 0 saturated heterocycles. The molecule has 6 nitrogen and oxygen atoms in total. The first-order valence-corrected chi connectivity index (χ1v) is 7.56. The number of hydrogen-bond acceptors (Lipinski definition) is 6. The molecule has 0 aliphatic heterocycles. The summed E-state index contributed by atoms with van der Waals surface area (Å²) in [6, 6.07) is 2.88. The Kier molecular flexibility index (Phi) is 5.64. The molecule has 2 aromatic rings. The minimum Gasteiger partial charge on any atom is -0.367 e. The van der Waals surface area contributed by atoms with Crippen LogP contribution in [0.1, 0.15) is 22.4 Å². The van der Waals surface area contributed by atoms with E-state index in [1.54, 1.807) is 13.8 Å². The summed E-state index contributed by atoms with van der Waals surface area (Å²) in [7, 11) is 0. The van der Waals surface area contributed by atoms with Crippen molar-refractivity contribution in [3.8, 4) is 6.07 Å². The van der Waals surface area contributed by atoms with Crippen molar-refractivity contribution in [2.24, 2.45) is 0 Å². The highest BCUT2D eigenvalue weighted by Gasteiger charge is 2.31. The number of pyridine rings is 1. The van der Waals surface area contributed by atoms with Crippen LogP contribution in [-0.2, 0) is 6.18 Å². The van der Waals surface area contributed by atoms with Crippen molar-refractivity contribution in [3.63, 3.8) is 0 Å². The van der Waals surface area contributed by atoms with E-state index in [1.807, 2.05) is 0 Å². The molecular weight excluding hydrogens is 357 g/mol. The third kappa shape index (κ3) is 4.48. The Morgan fingerprint density at radius 1 is 1.16 bits per heavy atom. The van der Waals surface area contributed by atoms with E-state index >= 15 is 0 Å². The Balaban J connectivity index is 1.97. The number of nitrogens with zero attached hydrogens (tertiary/aromatic N) is 4. The maximum Gasteiger partial charge on any atom is 0.417 e. The lowest BCUT2D eigenvalue weighted by Gasteiger charge is -2.12. The maximum atomic E-state index is 12.6. The lowest BCUT2D eigenvalue weighted by atomic mass is 10.1. The molecule has 132 valence electrons. The monoisotopic (exact) mass is 370 g/mol. The maximum absolute atomic E-state index is 12.6. The molecule has 0 fully saturated rings. The van der Waals surface area contributed by atoms with Crippen molar-refractivity contribution >= 4 is 23.2 Å². The Hall–Kier alpha value is -2.60. The van der Waals surface area contributed by atoms with Gasteiger partial charge in [-0.1, -0.05) is 11.6 Å². The predicted molar refractivity (Wildman–Crippen MR) is 87.4 cm³/mol. The van der Waals surface area contributed by atoms with Gasteiger partial charge in [-0.15, -0.1) is 5.10 Å². The molecule has 0 aliphatic carbocycles. The Bertz CT molecular complexity index is 816. The van der Waals surface area contributed by atoms with Crippen molar-refractivity contribution < 1.29 is 13.2 Å². The fraction of sp³-hybridized carbons (Fsp3) is 0.333. The van der Waals surface area contributed by atoms with Crippen LogP contribution in [0.3, 0.4) is 0 Å². The molecule has 0 amide bonds. The lowest BCUT2D eigenvalue weighted by Crippen LogP contribution is -2.17. The van der Waals surface area contributed by atoms with Gasteiger partial charge >= 0.3 is 6.18 Å². The van der Waals surface area contributed by atoms with E-state index in [0.29, 0.717) is 36.4 Å². The second-order valence-electron chi connectivity index (χ2n) is 5.15. The first-order valence-electron chi connectivity index (χ1n) is 7.18. The second-order valence-corrected chi connectivity index (χ2v) is 5.56. The van der Waals surface area contributed by atoms with Gasteiger partial charge in [0, 0.05) is 19.3 Å². The molecule has 0 bridgehead atoms. The fourth-order valence-electron chi connectivity index (χ4n) is 1.95. The summed E-state index contributed by atoms with van der Waals surface area (Å²) in [6.45, 7) is 4.17. The largest absolute Gasteiger partial charge is 0.417 e. The Morgan fingerprint density at radius 2 is 1.80 bits per heavy atom. The number of aryl methyl sites for hydroxylation is 1. The zero-order valence-corrected chi connectivity index (χ0v) is 14.1. The van der Waals surface area contributed by atoms with Crippen LogP contribution in [-0.4, -0.2) is 28.3 Å². The molecule has 0 unspecified atom stereocenters. The Morgan fingerprint density at radius 3 is 2.36 bits per heavy atom.